The van der Waals surface area contributed by atoms with Crippen molar-refractivity contribution in [2.75, 3.05) is 0 Å². The molecule has 3 rings (SSSR count). The molecule has 1 aromatic rings. The average Bonchev–Trinajstić information content (AvgIpc) is 2.54. The molecule has 3 N–H and O–H groups in total. The van der Waals surface area contributed by atoms with Crippen LogP contribution in [0.25, 0.3) is 0 Å². The number of hydrogen-bond acceptors (Lipinski definition) is 2. The summed E-state index contributed by atoms with van der Waals surface area (Å²) in [6.45, 7) is 1.73. The lowest BCUT2D eigenvalue weighted by Gasteiger charge is -2.31. The summed E-state index contributed by atoms with van der Waals surface area (Å²) in [6.07, 6.45) is 5.46. The van der Waals surface area contributed by atoms with Crippen LogP contribution in [-0.4, -0.2) is 18.0 Å². The van der Waals surface area contributed by atoms with Gasteiger partial charge in [-0.25, -0.2) is 4.79 Å². The summed E-state index contributed by atoms with van der Waals surface area (Å²) in [6, 6.07) is 4.26. The van der Waals surface area contributed by atoms with Crippen LogP contribution in [0, 0.1) is 0 Å². The maximum Gasteiger partial charge on any atom is 0.319 e. The summed E-state index contributed by atoms with van der Waals surface area (Å²) in [5.74, 6) is -0.173. The Hall–Kier alpha value is -1.72. The summed E-state index contributed by atoms with van der Waals surface area (Å²) in [7, 11) is 0. The molecule has 1 aliphatic carbocycles. The molecule has 0 saturated heterocycles. The van der Waals surface area contributed by atoms with E-state index in [2.05, 4.69) is 16.0 Å². The fourth-order valence-corrected chi connectivity index (χ4v) is 3.99. The molecule has 1 atom stereocenters. The third-order valence-electron chi connectivity index (χ3n) is 4.73. The predicted octanol–water partition coefficient (Wildman–Crippen LogP) is 4.07. The molecule has 1 fully saturated rings. The van der Waals surface area contributed by atoms with E-state index in [9.17, 15) is 9.59 Å². The third kappa shape index (κ3) is 4.10. The molecule has 0 spiro atoms. The highest BCUT2D eigenvalue weighted by atomic mass is 35.5. The second-order valence-corrected chi connectivity index (χ2v) is 7.39. The number of amides is 3. The van der Waals surface area contributed by atoms with Gasteiger partial charge in [-0.15, -0.1) is 0 Å². The minimum Gasteiger partial charge on any atom is -0.349 e. The van der Waals surface area contributed by atoms with E-state index in [0.717, 1.165) is 25.7 Å². The molecular weight excluding hydrogens is 361 g/mol. The van der Waals surface area contributed by atoms with Crippen LogP contribution < -0.4 is 16.0 Å². The van der Waals surface area contributed by atoms with Crippen molar-refractivity contribution in [1.29, 1.82) is 0 Å². The van der Waals surface area contributed by atoms with E-state index in [0.29, 0.717) is 26.9 Å². The summed E-state index contributed by atoms with van der Waals surface area (Å²) in [4.78, 5) is 24.9. The Labute approximate surface area is 157 Å². The van der Waals surface area contributed by atoms with Crippen LogP contribution in [0.2, 0.25) is 10.0 Å². The van der Waals surface area contributed by atoms with Gasteiger partial charge in [0, 0.05) is 21.8 Å². The number of rotatable bonds is 3. The number of urea groups is 1. The van der Waals surface area contributed by atoms with E-state index in [1.165, 1.54) is 6.42 Å². The Morgan fingerprint density at radius 3 is 2.60 bits per heavy atom. The summed E-state index contributed by atoms with van der Waals surface area (Å²) in [5, 5.41) is 9.50. The number of carbonyl (C=O) groups excluding carboxylic acids is 2. The summed E-state index contributed by atoms with van der Waals surface area (Å²) in [5.41, 5.74) is 1.66. The SMILES string of the molecule is CC1=C(C(=O)NC2CCCCC2)C(c2ccc(Cl)cc2Cl)NC(=O)N1. The maximum absolute atomic E-state index is 12.9. The van der Waals surface area contributed by atoms with Gasteiger partial charge < -0.3 is 16.0 Å². The van der Waals surface area contributed by atoms with E-state index < -0.39 is 6.04 Å². The van der Waals surface area contributed by atoms with Crippen molar-refractivity contribution in [1.82, 2.24) is 16.0 Å². The minimum absolute atomic E-state index is 0.173. The van der Waals surface area contributed by atoms with Crippen molar-refractivity contribution in [3.8, 4) is 0 Å². The van der Waals surface area contributed by atoms with Crippen LogP contribution in [0.4, 0.5) is 4.79 Å². The molecule has 25 heavy (non-hydrogen) atoms. The zero-order valence-corrected chi connectivity index (χ0v) is 15.5. The monoisotopic (exact) mass is 381 g/mol. The molecule has 0 bridgehead atoms. The quantitative estimate of drug-likeness (QED) is 0.738. The van der Waals surface area contributed by atoms with Gasteiger partial charge in [-0.2, -0.15) is 0 Å². The first-order valence-electron chi connectivity index (χ1n) is 8.50. The van der Waals surface area contributed by atoms with Gasteiger partial charge >= 0.3 is 6.03 Å². The Morgan fingerprint density at radius 2 is 1.92 bits per heavy atom. The van der Waals surface area contributed by atoms with Gasteiger partial charge in [-0.3, -0.25) is 4.79 Å². The van der Waals surface area contributed by atoms with E-state index in [1.807, 2.05) is 0 Å². The van der Waals surface area contributed by atoms with Gasteiger partial charge in [0.25, 0.3) is 5.91 Å². The predicted molar refractivity (Wildman–Crippen MR) is 98.6 cm³/mol. The topological polar surface area (TPSA) is 70.2 Å². The van der Waals surface area contributed by atoms with Crippen molar-refractivity contribution in [3.63, 3.8) is 0 Å². The number of hydrogen-bond donors (Lipinski definition) is 3. The molecule has 1 saturated carbocycles. The van der Waals surface area contributed by atoms with Crippen molar-refractivity contribution >= 4 is 35.1 Å². The molecule has 1 aliphatic heterocycles. The normalized spacial score (nSPS) is 21.6. The zero-order chi connectivity index (χ0) is 18.0. The van der Waals surface area contributed by atoms with Gasteiger partial charge in [0.2, 0.25) is 0 Å². The largest absolute Gasteiger partial charge is 0.349 e. The van der Waals surface area contributed by atoms with Crippen molar-refractivity contribution in [2.24, 2.45) is 0 Å². The molecule has 1 unspecified atom stereocenters. The number of nitrogens with one attached hydrogen (secondary N) is 3. The van der Waals surface area contributed by atoms with Gasteiger partial charge in [0.05, 0.1) is 11.6 Å². The van der Waals surface area contributed by atoms with Crippen LogP contribution in [0.3, 0.4) is 0 Å². The number of carbonyl (C=O) groups is 2. The zero-order valence-electron chi connectivity index (χ0n) is 14.0. The summed E-state index contributed by atoms with van der Waals surface area (Å²) < 4.78 is 0. The highest BCUT2D eigenvalue weighted by Gasteiger charge is 2.33. The maximum atomic E-state index is 12.9. The van der Waals surface area contributed by atoms with Gasteiger partial charge in [-0.05, 0) is 37.5 Å². The fourth-order valence-electron chi connectivity index (χ4n) is 3.47. The lowest BCUT2D eigenvalue weighted by atomic mass is 9.92. The van der Waals surface area contributed by atoms with Crippen LogP contribution in [0.15, 0.2) is 29.5 Å². The van der Waals surface area contributed by atoms with E-state index in [4.69, 9.17) is 23.2 Å². The molecule has 1 aromatic carbocycles. The second kappa shape index (κ2) is 7.67. The number of allylic oxidation sites excluding steroid dienone is 1. The molecule has 0 aromatic heterocycles. The lowest BCUT2D eigenvalue weighted by Crippen LogP contribution is -2.48. The van der Waals surface area contributed by atoms with Crippen molar-refractivity contribution in [3.05, 3.63) is 45.1 Å². The van der Waals surface area contributed by atoms with Crippen LogP contribution in [0.5, 0.6) is 0 Å². The fraction of sp³-hybridized carbons (Fsp3) is 0.444. The second-order valence-electron chi connectivity index (χ2n) is 6.54. The van der Waals surface area contributed by atoms with Crippen molar-refractivity contribution < 1.29 is 9.59 Å². The lowest BCUT2D eigenvalue weighted by molar-refractivity contribution is -0.118. The standard InChI is InChI=1S/C18H21Cl2N3O2/c1-10-15(17(24)22-12-5-3-2-4-6-12)16(23-18(25)21-10)13-8-7-11(19)9-14(13)20/h7-9,12,16H,2-6H2,1H3,(H,22,24)(H2,21,23,25). The molecule has 1 heterocycles. The van der Waals surface area contributed by atoms with E-state index in [1.54, 1.807) is 25.1 Å². The van der Waals surface area contributed by atoms with Gasteiger partial charge in [0.15, 0.2) is 0 Å². The Bertz CT molecular complexity index is 727. The molecule has 7 heteroatoms. The third-order valence-corrected chi connectivity index (χ3v) is 5.29. The number of benzene rings is 1. The molecule has 0 radical (unpaired) electrons. The Balaban J connectivity index is 1.90. The molecule has 2 aliphatic rings. The Kier molecular flexibility index (Phi) is 5.54. The smallest absolute Gasteiger partial charge is 0.319 e. The first-order chi connectivity index (χ1) is 12.0. The van der Waals surface area contributed by atoms with Crippen LogP contribution in [-0.2, 0) is 4.79 Å². The van der Waals surface area contributed by atoms with Gasteiger partial charge in [0.1, 0.15) is 0 Å². The molecule has 134 valence electrons. The van der Waals surface area contributed by atoms with Crippen molar-refractivity contribution in [2.45, 2.75) is 51.1 Å². The van der Waals surface area contributed by atoms with E-state index in [-0.39, 0.29) is 18.0 Å². The molecule has 3 amide bonds. The first kappa shape index (κ1) is 18.1. The molecular formula is C18H21Cl2N3O2. The van der Waals surface area contributed by atoms with Crippen LogP contribution >= 0.6 is 23.2 Å². The summed E-state index contributed by atoms with van der Waals surface area (Å²) >= 11 is 12.3. The molecule has 5 nitrogen and oxygen atoms in total. The average molecular weight is 382 g/mol. The van der Waals surface area contributed by atoms with E-state index >= 15 is 0 Å². The minimum atomic E-state index is -0.609. The highest BCUT2D eigenvalue weighted by Crippen LogP contribution is 2.33. The number of halogens is 2. The first-order valence-corrected chi connectivity index (χ1v) is 9.25. The van der Waals surface area contributed by atoms with Crippen LogP contribution in [0.1, 0.15) is 50.6 Å². The highest BCUT2D eigenvalue weighted by molar-refractivity contribution is 6.35. The van der Waals surface area contributed by atoms with Gasteiger partial charge in [-0.1, -0.05) is 48.5 Å². The Morgan fingerprint density at radius 1 is 1.20 bits per heavy atom.